The van der Waals surface area contributed by atoms with Crippen LogP contribution in [0.2, 0.25) is 0 Å². The lowest BCUT2D eigenvalue weighted by atomic mass is 10.1. The first kappa shape index (κ1) is 30.6. The van der Waals surface area contributed by atoms with Gasteiger partial charge in [0, 0.05) is 25.7 Å². The number of amides is 4. The van der Waals surface area contributed by atoms with Crippen LogP contribution in [0.4, 0.5) is 9.18 Å². The molecule has 0 aliphatic carbocycles. The molecule has 4 amide bonds. The van der Waals surface area contributed by atoms with E-state index in [2.05, 4.69) is 54.2 Å². The number of hydrogen-bond acceptors (Lipinski definition) is 5. The van der Waals surface area contributed by atoms with Gasteiger partial charge in [0.05, 0.1) is 12.7 Å². The number of methoxy groups -OCH3 is 1. The summed E-state index contributed by atoms with van der Waals surface area (Å²) < 4.78 is 18.4. The van der Waals surface area contributed by atoms with E-state index in [1.807, 2.05) is 12.2 Å². The van der Waals surface area contributed by atoms with Gasteiger partial charge in [-0.1, -0.05) is 48.5 Å². The Labute approximate surface area is 236 Å². The molecule has 9 heteroatoms. The third-order valence-electron chi connectivity index (χ3n) is 6.94. The van der Waals surface area contributed by atoms with Gasteiger partial charge in [-0.05, 0) is 70.0 Å². The van der Waals surface area contributed by atoms with E-state index in [0.29, 0.717) is 6.54 Å². The topological polar surface area (TPSA) is 91.0 Å². The van der Waals surface area contributed by atoms with Crippen LogP contribution in [-0.4, -0.2) is 67.5 Å². The summed E-state index contributed by atoms with van der Waals surface area (Å²) in [6.07, 6.45) is 11.0. The van der Waals surface area contributed by atoms with Gasteiger partial charge in [0.25, 0.3) is 11.8 Å². The molecule has 2 saturated heterocycles. The number of imide groups is 1. The predicted molar refractivity (Wildman–Crippen MR) is 153 cm³/mol. The molecule has 0 saturated carbocycles. The molecule has 0 spiro atoms. The van der Waals surface area contributed by atoms with Crippen molar-refractivity contribution >= 4 is 17.8 Å². The molecule has 8 nitrogen and oxygen atoms in total. The monoisotopic (exact) mass is 550 g/mol. The molecule has 214 valence electrons. The van der Waals surface area contributed by atoms with Crippen molar-refractivity contribution in [3.05, 3.63) is 64.0 Å². The zero-order valence-corrected chi connectivity index (χ0v) is 24.0. The summed E-state index contributed by atoms with van der Waals surface area (Å²) >= 11 is 0. The van der Waals surface area contributed by atoms with Gasteiger partial charge in [-0.15, -0.1) is 0 Å². The highest BCUT2D eigenvalue weighted by molar-refractivity contribution is 6.05. The quantitative estimate of drug-likeness (QED) is 0.313. The molecule has 1 atom stereocenters. The van der Waals surface area contributed by atoms with Gasteiger partial charge in [-0.3, -0.25) is 19.8 Å². The van der Waals surface area contributed by atoms with E-state index in [4.69, 9.17) is 4.74 Å². The van der Waals surface area contributed by atoms with Crippen LogP contribution in [0.5, 0.6) is 5.75 Å². The Kier molecular flexibility index (Phi) is 11.1. The number of halogens is 1. The molecular weight excluding hydrogens is 511 g/mol. The maximum absolute atomic E-state index is 13.6. The van der Waals surface area contributed by atoms with Gasteiger partial charge in [0.2, 0.25) is 0 Å². The van der Waals surface area contributed by atoms with Crippen molar-refractivity contribution < 1.29 is 23.5 Å². The summed E-state index contributed by atoms with van der Waals surface area (Å²) in [6, 6.07) is 2.00. The van der Waals surface area contributed by atoms with Gasteiger partial charge in [0.15, 0.2) is 17.6 Å². The Morgan fingerprint density at radius 1 is 1.12 bits per heavy atom. The Hall–Kier alpha value is -3.90. The van der Waals surface area contributed by atoms with Crippen LogP contribution in [0, 0.1) is 17.7 Å². The highest BCUT2D eigenvalue weighted by atomic mass is 19.1. The third kappa shape index (κ3) is 8.30. The molecule has 0 aromatic heterocycles. The zero-order valence-electron chi connectivity index (χ0n) is 24.0. The second-order valence-electron chi connectivity index (χ2n) is 10.3. The van der Waals surface area contributed by atoms with Gasteiger partial charge < -0.3 is 15.0 Å². The van der Waals surface area contributed by atoms with E-state index >= 15 is 0 Å². The minimum atomic E-state index is -0.778. The molecule has 1 unspecified atom stereocenters. The lowest BCUT2D eigenvalue weighted by Crippen LogP contribution is -2.31. The molecule has 2 N–H and O–H groups in total. The van der Waals surface area contributed by atoms with Crippen molar-refractivity contribution in [1.29, 1.82) is 0 Å². The van der Waals surface area contributed by atoms with Crippen LogP contribution in [0.3, 0.4) is 0 Å². The number of nitrogens with zero attached hydrogens (tertiary/aromatic N) is 2. The fourth-order valence-corrected chi connectivity index (χ4v) is 4.56. The van der Waals surface area contributed by atoms with Crippen LogP contribution in [-0.2, 0) is 11.3 Å². The molecule has 40 heavy (non-hydrogen) atoms. The largest absolute Gasteiger partial charge is 0.494 e. The molecule has 0 radical (unpaired) electrons. The van der Waals surface area contributed by atoms with Gasteiger partial charge in [0.1, 0.15) is 0 Å². The number of nitrogens with one attached hydrogen (secondary N) is 2. The molecular formula is C31H39FN4O4. The first-order valence-electron chi connectivity index (χ1n) is 13.6. The predicted octanol–water partition coefficient (Wildman–Crippen LogP) is 4.33. The number of benzene rings is 1. The lowest BCUT2D eigenvalue weighted by Gasteiger charge is -2.26. The van der Waals surface area contributed by atoms with E-state index in [0.717, 1.165) is 24.1 Å². The SMILES string of the molecule is CC/C(C)=C/C(C#CC1NC(=O)NC1=O)=C\C=C(/C)CN1CCCCC1.COc1ccc2c(c1F)C(=O)N(C)C2. The average Bonchev–Trinajstić information content (AvgIpc) is 3.42. The molecule has 3 aliphatic rings. The van der Waals surface area contributed by atoms with Crippen LogP contribution < -0.4 is 15.4 Å². The fraction of sp³-hybridized carbons (Fsp3) is 0.452. The van der Waals surface area contributed by atoms with E-state index in [1.165, 1.54) is 55.5 Å². The molecule has 0 bridgehead atoms. The van der Waals surface area contributed by atoms with Crippen molar-refractivity contribution in [3.63, 3.8) is 0 Å². The highest BCUT2D eigenvalue weighted by Crippen LogP contribution is 2.29. The van der Waals surface area contributed by atoms with E-state index in [-0.39, 0.29) is 17.2 Å². The van der Waals surface area contributed by atoms with Crippen LogP contribution in [0.15, 0.2) is 47.1 Å². The van der Waals surface area contributed by atoms with Crippen LogP contribution in [0.25, 0.3) is 0 Å². The zero-order chi connectivity index (χ0) is 29.2. The molecule has 3 heterocycles. The van der Waals surface area contributed by atoms with Crippen molar-refractivity contribution in [3.8, 4) is 17.6 Å². The van der Waals surface area contributed by atoms with Gasteiger partial charge in [-0.2, -0.15) is 0 Å². The normalized spacial score (nSPS) is 19.8. The van der Waals surface area contributed by atoms with Crippen molar-refractivity contribution in [2.75, 3.05) is 33.8 Å². The van der Waals surface area contributed by atoms with E-state index in [9.17, 15) is 18.8 Å². The first-order chi connectivity index (χ1) is 19.1. The van der Waals surface area contributed by atoms with Crippen LogP contribution in [0.1, 0.15) is 62.4 Å². The fourth-order valence-electron chi connectivity index (χ4n) is 4.56. The summed E-state index contributed by atoms with van der Waals surface area (Å²) in [6.45, 7) is 10.1. The van der Waals surface area contributed by atoms with E-state index in [1.54, 1.807) is 19.2 Å². The van der Waals surface area contributed by atoms with Gasteiger partial charge in [-0.25, -0.2) is 9.18 Å². The Bertz CT molecular complexity index is 1280. The summed E-state index contributed by atoms with van der Waals surface area (Å²) in [5, 5.41) is 4.70. The van der Waals surface area contributed by atoms with Crippen molar-refractivity contribution in [2.24, 2.45) is 0 Å². The Morgan fingerprint density at radius 2 is 1.85 bits per heavy atom. The lowest BCUT2D eigenvalue weighted by molar-refractivity contribution is -0.119. The summed E-state index contributed by atoms with van der Waals surface area (Å²) in [4.78, 5) is 38.3. The second kappa shape index (κ2) is 14.5. The van der Waals surface area contributed by atoms with Crippen molar-refractivity contribution in [1.82, 2.24) is 20.4 Å². The molecule has 1 aromatic carbocycles. The number of likely N-dealkylation sites (tertiary alicyclic amines) is 1. The number of ether oxygens (including phenoxy) is 1. The number of carbonyl (C=O) groups excluding carboxylic acids is 3. The smallest absolute Gasteiger partial charge is 0.322 e. The third-order valence-corrected chi connectivity index (χ3v) is 6.94. The first-order valence-corrected chi connectivity index (χ1v) is 13.6. The number of piperidine rings is 1. The maximum Gasteiger partial charge on any atom is 0.322 e. The average molecular weight is 551 g/mol. The summed E-state index contributed by atoms with van der Waals surface area (Å²) in [5.74, 6) is 4.77. The van der Waals surface area contributed by atoms with Crippen molar-refractivity contribution in [2.45, 2.75) is 59.0 Å². The number of carbonyl (C=O) groups is 3. The number of rotatable bonds is 6. The number of allylic oxidation sites excluding steroid dienone is 5. The van der Waals surface area contributed by atoms with Crippen LogP contribution >= 0.6 is 0 Å². The highest BCUT2D eigenvalue weighted by Gasteiger charge is 2.29. The number of hydrogen-bond donors (Lipinski definition) is 2. The number of fused-ring (bicyclic) bond motifs is 1. The molecule has 1 aromatic rings. The minimum Gasteiger partial charge on any atom is -0.494 e. The molecule has 2 fully saturated rings. The molecule has 4 rings (SSSR count). The summed E-state index contributed by atoms with van der Waals surface area (Å²) in [5.41, 5.74) is 4.21. The Morgan fingerprint density at radius 3 is 2.48 bits per heavy atom. The molecule has 3 aliphatic heterocycles. The maximum atomic E-state index is 13.6. The minimum absolute atomic E-state index is 0.118. The Balaban J connectivity index is 0.000000263. The van der Waals surface area contributed by atoms with Gasteiger partial charge >= 0.3 is 6.03 Å². The standard InChI is InChI=1S/C21H29N3O2.C10H10FNO2/c1-4-16(2)14-18(10-11-19-20(25)23-21(26)22-19)9-8-17(3)15-24-12-6-5-7-13-24;1-12-5-6-3-4-7(14-2)9(11)8(6)10(12)13/h8-9,14,19H,4-7,12-13,15H2,1-3H3,(H2,22,23,25,26);3-4H,5H2,1-2H3/b16-14+,17-8+,18-9-;. The number of urea groups is 1. The summed E-state index contributed by atoms with van der Waals surface area (Å²) in [7, 11) is 3.03. The second-order valence-corrected chi connectivity index (χ2v) is 10.3. The van der Waals surface area contributed by atoms with E-state index < -0.39 is 23.8 Å².